The van der Waals surface area contributed by atoms with Crippen molar-refractivity contribution in [3.63, 3.8) is 0 Å². The molecule has 0 spiro atoms. The van der Waals surface area contributed by atoms with E-state index >= 15 is 0 Å². The molecule has 1 heterocycles. The number of methoxy groups -OCH3 is 2. The Morgan fingerprint density at radius 3 is 2.54 bits per heavy atom. The van der Waals surface area contributed by atoms with Gasteiger partial charge in [0.1, 0.15) is 28.0 Å². The van der Waals surface area contributed by atoms with Crippen LogP contribution < -0.4 is 9.47 Å². The zero-order valence-corrected chi connectivity index (χ0v) is 15.2. The molecular weight excluding hydrogens is 364 g/mol. The van der Waals surface area contributed by atoms with Crippen molar-refractivity contribution >= 4 is 10.0 Å². The Kier molecular flexibility index (Phi) is 5.15. The Labute approximate surface area is 151 Å². The van der Waals surface area contributed by atoms with Gasteiger partial charge in [0.15, 0.2) is 0 Å². The zero-order chi connectivity index (χ0) is 18.9. The highest BCUT2D eigenvalue weighted by Crippen LogP contribution is 2.42. The number of nitrogens with zero attached hydrogens (tertiary/aromatic N) is 1. The molecule has 0 unspecified atom stereocenters. The van der Waals surface area contributed by atoms with Gasteiger partial charge in [-0.2, -0.15) is 4.31 Å². The maximum absolute atomic E-state index is 14.1. The van der Waals surface area contributed by atoms with Crippen LogP contribution in [0.5, 0.6) is 11.5 Å². The van der Waals surface area contributed by atoms with Gasteiger partial charge in [0.05, 0.1) is 20.3 Å². The highest BCUT2D eigenvalue weighted by atomic mass is 32.2. The Balaban J connectivity index is 2.07. The van der Waals surface area contributed by atoms with E-state index in [0.29, 0.717) is 36.0 Å². The summed E-state index contributed by atoms with van der Waals surface area (Å²) in [6, 6.07) is 6.98. The second-order valence-electron chi connectivity index (χ2n) is 5.96. The van der Waals surface area contributed by atoms with Gasteiger partial charge in [-0.1, -0.05) is 0 Å². The monoisotopic (exact) mass is 383 g/mol. The molecule has 140 valence electrons. The predicted molar refractivity (Wildman–Crippen MR) is 91.8 cm³/mol. The summed E-state index contributed by atoms with van der Waals surface area (Å²) in [5, 5.41) is 0. The van der Waals surface area contributed by atoms with Crippen molar-refractivity contribution in [3.8, 4) is 11.5 Å². The first-order valence-corrected chi connectivity index (χ1v) is 9.51. The molecule has 0 saturated carbocycles. The fourth-order valence-electron chi connectivity index (χ4n) is 3.24. The van der Waals surface area contributed by atoms with Crippen LogP contribution >= 0.6 is 0 Å². The molecule has 0 aliphatic carbocycles. The van der Waals surface area contributed by atoms with Gasteiger partial charge < -0.3 is 9.47 Å². The van der Waals surface area contributed by atoms with Gasteiger partial charge in [0.25, 0.3) is 0 Å². The minimum absolute atomic E-state index is 0.212. The summed E-state index contributed by atoms with van der Waals surface area (Å²) in [5.41, 5.74) is 0.629. The smallest absolute Gasteiger partial charge is 0.246 e. The second kappa shape index (κ2) is 7.20. The first kappa shape index (κ1) is 18.6. The molecule has 0 N–H and O–H groups in total. The third-order valence-corrected chi connectivity index (χ3v) is 6.40. The molecule has 1 saturated heterocycles. The Morgan fingerprint density at radius 2 is 1.85 bits per heavy atom. The number of hydrogen-bond donors (Lipinski definition) is 0. The highest BCUT2D eigenvalue weighted by Gasteiger charge is 2.39. The molecule has 5 nitrogen and oxygen atoms in total. The third-order valence-electron chi connectivity index (χ3n) is 4.48. The van der Waals surface area contributed by atoms with Gasteiger partial charge in [0, 0.05) is 12.1 Å². The first-order valence-electron chi connectivity index (χ1n) is 8.07. The molecule has 3 rings (SSSR count). The predicted octanol–water partition coefficient (Wildman–Crippen LogP) is 3.51. The fourth-order valence-corrected chi connectivity index (χ4v) is 4.99. The van der Waals surface area contributed by atoms with Crippen molar-refractivity contribution in [3.05, 3.63) is 53.6 Å². The van der Waals surface area contributed by atoms with Gasteiger partial charge in [-0.25, -0.2) is 17.2 Å². The van der Waals surface area contributed by atoms with Crippen LogP contribution in [0.2, 0.25) is 0 Å². The molecule has 0 aromatic heterocycles. The Bertz CT molecular complexity index is 917. The number of benzene rings is 2. The van der Waals surface area contributed by atoms with E-state index in [1.54, 1.807) is 18.2 Å². The molecule has 2 aromatic carbocycles. The Morgan fingerprint density at radius 1 is 1.08 bits per heavy atom. The van der Waals surface area contributed by atoms with E-state index in [1.165, 1.54) is 18.5 Å². The molecule has 0 bridgehead atoms. The summed E-state index contributed by atoms with van der Waals surface area (Å²) < 4.78 is 65.4. The van der Waals surface area contributed by atoms with E-state index in [2.05, 4.69) is 0 Å². The molecule has 0 radical (unpaired) electrons. The van der Waals surface area contributed by atoms with E-state index in [9.17, 15) is 17.2 Å². The number of halogens is 2. The van der Waals surface area contributed by atoms with E-state index in [4.69, 9.17) is 9.47 Å². The van der Waals surface area contributed by atoms with Gasteiger partial charge in [-0.05, 0) is 49.2 Å². The average molecular weight is 383 g/mol. The summed E-state index contributed by atoms with van der Waals surface area (Å²) in [6.07, 6.45) is 1.14. The van der Waals surface area contributed by atoms with Crippen LogP contribution in [0.3, 0.4) is 0 Å². The van der Waals surface area contributed by atoms with E-state index in [1.807, 2.05) is 0 Å². The Hall–Kier alpha value is -2.19. The van der Waals surface area contributed by atoms with Crippen LogP contribution in [0.25, 0.3) is 0 Å². The first-order chi connectivity index (χ1) is 12.4. The average Bonchev–Trinajstić information content (AvgIpc) is 3.13. The summed E-state index contributed by atoms with van der Waals surface area (Å²) in [6.45, 7) is 0.212. The minimum atomic E-state index is -4.21. The lowest BCUT2D eigenvalue weighted by Gasteiger charge is -2.26. The topological polar surface area (TPSA) is 55.8 Å². The largest absolute Gasteiger partial charge is 0.497 e. The van der Waals surface area contributed by atoms with Crippen molar-refractivity contribution in [2.24, 2.45) is 0 Å². The lowest BCUT2D eigenvalue weighted by molar-refractivity contribution is 0.360. The van der Waals surface area contributed by atoms with Crippen molar-refractivity contribution in [2.75, 3.05) is 20.8 Å². The maximum atomic E-state index is 14.1. The summed E-state index contributed by atoms with van der Waals surface area (Å²) in [5.74, 6) is -0.714. The highest BCUT2D eigenvalue weighted by molar-refractivity contribution is 7.89. The molecule has 1 aliphatic heterocycles. The number of ether oxygens (including phenoxy) is 2. The lowest BCUT2D eigenvalue weighted by Crippen LogP contribution is -2.31. The molecule has 1 atom stereocenters. The SMILES string of the molecule is COc1ccc(OC)c([C@H]2CCCN2S(=O)(=O)c2cc(F)ccc2F)c1. The molecule has 1 aliphatic rings. The standard InChI is InChI=1S/C18H19F2NO4S/c1-24-13-6-8-17(25-2)14(11-13)16-4-3-9-21(16)26(22,23)18-10-12(19)5-7-15(18)20/h5-8,10-11,16H,3-4,9H2,1-2H3/t16-/m1/s1. The van der Waals surface area contributed by atoms with Crippen LogP contribution in [-0.2, 0) is 10.0 Å². The number of sulfonamides is 1. The van der Waals surface area contributed by atoms with Crippen LogP contribution in [0.15, 0.2) is 41.3 Å². The van der Waals surface area contributed by atoms with E-state index in [0.717, 1.165) is 12.1 Å². The molecule has 26 heavy (non-hydrogen) atoms. The van der Waals surface area contributed by atoms with Crippen molar-refractivity contribution < 1.29 is 26.7 Å². The van der Waals surface area contributed by atoms with Gasteiger partial charge in [-0.3, -0.25) is 0 Å². The summed E-state index contributed by atoms with van der Waals surface area (Å²) in [4.78, 5) is -0.661. The van der Waals surface area contributed by atoms with E-state index in [-0.39, 0.29) is 6.54 Å². The minimum Gasteiger partial charge on any atom is -0.497 e. The molecule has 1 fully saturated rings. The molecule has 2 aromatic rings. The maximum Gasteiger partial charge on any atom is 0.246 e. The molecule has 8 heteroatoms. The fraction of sp³-hybridized carbons (Fsp3) is 0.333. The summed E-state index contributed by atoms with van der Waals surface area (Å²) in [7, 11) is -1.21. The van der Waals surface area contributed by atoms with Crippen molar-refractivity contribution in [1.82, 2.24) is 4.31 Å². The summed E-state index contributed by atoms with van der Waals surface area (Å²) >= 11 is 0. The normalized spacial score (nSPS) is 18.1. The van der Waals surface area contributed by atoms with Gasteiger partial charge in [-0.15, -0.1) is 0 Å². The number of rotatable bonds is 5. The van der Waals surface area contributed by atoms with Crippen LogP contribution in [0, 0.1) is 11.6 Å². The molecule has 0 amide bonds. The van der Waals surface area contributed by atoms with Gasteiger partial charge in [0.2, 0.25) is 10.0 Å². The van der Waals surface area contributed by atoms with Crippen LogP contribution in [0.4, 0.5) is 8.78 Å². The van der Waals surface area contributed by atoms with Crippen molar-refractivity contribution in [1.29, 1.82) is 0 Å². The van der Waals surface area contributed by atoms with Gasteiger partial charge >= 0.3 is 0 Å². The molecular formula is C18H19F2NO4S. The third kappa shape index (κ3) is 3.26. The van der Waals surface area contributed by atoms with Crippen LogP contribution in [-0.4, -0.2) is 33.5 Å². The lowest BCUT2D eigenvalue weighted by atomic mass is 10.0. The zero-order valence-electron chi connectivity index (χ0n) is 14.4. The second-order valence-corrected chi connectivity index (χ2v) is 7.82. The van der Waals surface area contributed by atoms with E-state index < -0.39 is 32.6 Å². The quantitative estimate of drug-likeness (QED) is 0.793. The van der Waals surface area contributed by atoms with Crippen LogP contribution in [0.1, 0.15) is 24.4 Å². The van der Waals surface area contributed by atoms with Crippen molar-refractivity contribution in [2.45, 2.75) is 23.8 Å². The number of hydrogen-bond acceptors (Lipinski definition) is 4.